The van der Waals surface area contributed by atoms with Gasteiger partial charge in [0.15, 0.2) is 0 Å². The van der Waals surface area contributed by atoms with E-state index in [-0.39, 0.29) is 11.8 Å². The molecule has 45 heavy (non-hydrogen) atoms. The smallest absolute Gasteiger partial charge is 0.242 e. The molecule has 0 aliphatic heterocycles. The molecule has 1 atom stereocenters. The molecule has 5 heteroatoms. The van der Waals surface area contributed by atoms with E-state index < -0.39 is 6.04 Å². The van der Waals surface area contributed by atoms with E-state index in [9.17, 15) is 9.59 Å². The topological polar surface area (TPSA) is 84.2 Å². The average Bonchev–Trinajstić information content (AvgIpc) is 3.04. The Labute approximate surface area is 280 Å². The van der Waals surface area contributed by atoms with E-state index in [0.29, 0.717) is 25.9 Å². The summed E-state index contributed by atoms with van der Waals surface area (Å²) in [5.74, 6) is -0.129. The van der Waals surface area contributed by atoms with Crippen molar-refractivity contribution in [3.63, 3.8) is 0 Å². The van der Waals surface area contributed by atoms with E-state index in [4.69, 9.17) is 5.73 Å². The molecule has 0 heterocycles. The molecular weight excluding hydrogens is 554 g/mol. The number of carbonyl (C=O) groups excluding carboxylic acids is 2. The molecule has 0 saturated heterocycles. The third kappa shape index (κ3) is 33.3. The van der Waals surface area contributed by atoms with Crippen molar-refractivity contribution in [1.82, 2.24) is 10.6 Å². The van der Waals surface area contributed by atoms with Gasteiger partial charge in [-0.1, -0.05) is 140 Å². The number of carbonyl (C=O) groups is 2. The van der Waals surface area contributed by atoms with Gasteiger partial charge in [-0.05, 0) is 83.6 Å². The summed E-state index contributed by atoms with van der Waals surface area (Å²) in [5, 5.41) is 5.94. The van der Waals surface area contributed by atoms with Crippen LogP contribution in [0.2, 0.25) is 0 Å². The highest BCUT2D eigenvalue weighted by molar-refractivity contribution is 5.87. The molecule has 0 rings (SSSR count). The third-order valence-electron chi connectivity index (χ3n) is 8.45. The fourth-order valence-corrected chi connectivity index (χ4v) is 5.51. The number of allylic oxidation sites excluding steroid dienone is 6. The summed E-state index contributed by atoms with van der Waals surface area (Å²) in [4.78, 5) is 25.1. The molecule has 0 aromatic heterocycles. The highest BCUT2D eigenvalue weighted by atomic mass is 16.2. The average molecular weight is 630 g/mol. The summed E-state index contributed by atoms with van der Waals surface area (Å²) in [6.07, 6.45) is 45.5. The highest BCUT2D eigenvalue weighted by Gasteiger charge is 2.19. The first kappa shape index (κ1) is 43.1. The number of hydrogen-bond donors (Lipinski definition) is 3. The molecule has 1 unspecified atom stereocenters. The maximum atomic E-state index is 12.6. The molecule has 4 N–H and O–H groups in total. The largest absolute Gasteiger partial charge is 0.354 e. The van der Waals surface area contributed by atoms with E-state index in [2.05, 4.69) is 60.9 Å². The summed E-state index contributed by atoms with van der Waals surface area (Å²) >= 11 is 0. The lowest BCUT2D eigenvalue weighted by molar-refractivity contribution is -0.129. The quantitative estimate of drug-likeness (QED) is 0.0489. The van der Waals surface area contributed by atoms with Crippen LogP contribution in [0.1, 0.15) is 187 Å². The number of amides is 2. The van der Waals surface area contributed by atoms with Crippen molar-refractivity contribution in [3.8, 4) is 0 Å². The van der Waals surface area contributed by atoms with Crippen molar-refractivity contribution >= 4 is 11.8 Å². The van der Waals surface area contributed by atoms with Gasteiger partial charge < -0.3 is 16.4 Å². The zero-order valence-electron chi connectivity index (χ0n) is 29.9. The van der Waals surface area contributed by atoms with Crippen LogP contribution in [0, 0.1) is 0 Å². The Morgan fingerprint density at radius 3 is 1.51 bits per heavy atom. The van der Waals surface area contributed by atoms with Crippen LogP contribution in [0.5, 0.6) is 0 Å². The van der Waals surface area contributed by atoms with Gasteiger partial charge in [0.1, 0.15) is 6.04 Å². The van der Waals surface area contributed by atoms with Gasteiger partial charge in [-0.3, -0.25) is 9.59 Å². The van der Waals surface area contributed by atoms with Crippen LogP contribution in [0.3, 0.4) is 0 Å². The predicted octanol–water partition coefficient (Wildman–Crippen LogP) is 10.8. The second-order valence-corrected chi connectivity index (χ2v) is 12.9. The lowest BCUT2D eigenvalue weighted by Gasteiger charge is -2.18. The van der Waals surface area contributed by atoms with Crippen molar-refractivity contribution in [2.24, 2.45) is 5.73 Å². The summed E-state index contributed by atoms with van der Waals surface area (Å²) in [6, 6.07) is -0.518. The van der Waals surface area contributed by atoms with Crippen molar-refractivity contribution in [2.45, 2.75) is 193 Å². The summed E-state index contributed by atoms with van der Waals surface area (Å²) in [7, 11) is 0. The molecule has 0 bridgehead atoms. The van der Waals surface area contributed by atoms with Crippen LogP contribution in [-0.4, -0.2) is 30.9 Å². The zero-order valence-corrected chi connectivity index (χ0v) is 29.9. The minimum Gasteiger partial charge on any atom is -0.354 e. The van der Waals surface area contributed by atoms with Gasteiger partial charge in [-0.15, -0.1) is 0 Å². The molecule has 5 nitrogen and oxygen atoms in total. The van der Waals surface area contributed by atoms with E-state index >= 15 is 0 Å². The Morgan fingerprint density at radius 2 is 0.978 bits per heavy atom. The van der Waals surface area contributed by atoms with Crippen molar-refractivity contribution in [2.75, 3.05) is 13.1 Å². The molecule has 0 aliphatic rings. The monoisotopic (exact) mass is 630 g/mol. The minimum atomic E-state index is -0.518. The molecule has 0 aromatic rings. The highest BCUT2D eigenvalue weighted by Crippen LogP contribution is 2.11. The normalized spacial score (nSPS) is 12.5. The Hall–Kier alpha value is -1.88. The SMILES string of the molecule is CCCCC/C=C\C/C=C\CCCCCCCCNC(=O)C(CCN)NC(=O)CCCCCCC/C=C\CCCCCCCC. The van der Waals surface area contributed by atoms with Crippen molar-refractivity contribution in [1.29, 1.82) is 0 Å². The number of nitrogens with one attached hydrogen (secondary N) is 2. The Bertz CT molecular complexity index is 731. The van der Waals surface area contributed by atoms with Gasteiger partial charge in [0.2, 0.25) is 11.8 Å². The Kier molecular flexibility index (Phi) is 35.1. The van der Waals surface area contributed by atoms with Crippen LogP contribution in [0.25, 0.3) is 0 Å². The molecule has 262 valence electrons. The predicted molar refractivity (Wildman–Crippen MR) is 197 cm³/mol. The zero-order chi connectivity index (χ0) is 32.9. The van der Waals surface area contributed by atoms with Crippen molar-refractivity contribution < 1.29 is 9.59 Å². The Balaban J connectivity index is 3.72. The summed E-state index contributed by atoms with van der Waals surface area (Å²) in [6.45, 7) is 5.56. The second-order valence-electron chi connectivity index (χ2n) is 12.9. The number of unbranched alkanes of at least 4 members (excludes halogenated alkanes) is 20. The molecule has 0 spiro atoms. The van der Waals surface area contributed by atoms with Crippen LogP contribution in [0.15, 0.2) is 36.5 Å². The Morgan fingerprint density at radius 1 is 0.556 bits per heavy atom. The van der Waals surface area contributed by atoms with Crippen molar-refractivity contribution in [3.05, 3.63) is 36.5 Å². The molecule has 0 fully saturated rings. The molecule has 2 amide bonds. The van der Waals surface area contributed by atoms with E-state index in [0.717, 1.165) is 32.1 Å². The first-order valence-electron chi connectivity index (χ1n) is 19.4. The van der Waals surface area contributed by atoms with Gasteiger partial charge in [-0.25, -0.2) is 0 Å². The van der Waals surface area contributed by atoms with Crippen LogP contribution in [0.4, 0.5) is 0 Å². The molecule has 0 aromatic carbocycles. The minimum absolute atomic E-state index is 0.0325. The lowest BCUT2D eigenvalue weighted by Crippen LogP contribution is -2.47. The van der Waals surface area contributed by atoms with Gasteiger partial charge in [0.05, 0.1) is 0 Å². The van der Waals surface area contributed by atoms with Gasteiger partial charge in [0, 0.05) is 13.0 Å². The van der Waals surface area contributed by atoms with Crippen LogP contribution < -0.4 is 16.4 Å². The van der Waals surface area contributed by atoms with E-state index in [1.165, 1.54) is 128 Å². The van der Waals surface area contributed by atoms with Gasteiger partial charge in [0.25, 0.3) is 0 Å². The fourth-order valence-electron chi connectivity index (χ4n) is 5.51. The van der Waals surface area contributed by atoms with Crippen LogP contribution >= 0.6 is 0 Å². The van der Waals surface area contributed by atoms with E-state index in [1.807, 2.05) is 0 Å². The lowest BCUT2D eigenvalue weighted by atomic mass is 10.1. The standard InChI is InChI=1S/C40H75N3O2/c1-3-5-7-9-11-13-15-17-19-21-23-25-27-29-31-33-37-42-40(45)38(35-36-41)43-39(44)34-32-30-28-26-24-22-20-18-16-14-12-10-8-6-4-2/h11,13,17-20,38H,3-10,12,14-16,21-37,41H2,1-2H3,(H,42,45)(H,43,44)/b13-11-,19-17-,20-18-. The van der Waals surface area contributed by atoms with E-state index in [1.54, 1.807) is 0 Å². The van der Waals surface area contributed by atoms with Gasteiger partial charge in [-0.2, -0.15) is 0 Å². The summed E-state index contributed by atoms with van der Waals surface area (Å²) < 4.78 is 0. The maximum Gasteiger partial charge on any atom is 0.242 e. The maximum absolute atomic E-state index is 12.6. The number of nitrogens with two attached hydrogens (primary N) is 1. The third-order valence-corrected chi connectivity index (χ3v) is 8.45. The molecule has 0 saturated carbocycles. The van der Waals surface area contributed by atoms with Gasteiger partial charge >= 0.3 is 0 Å². The molecular formula is C40H75N3O2. The number of hydrogen-bond acceptors (Lipinski definition) is 3. The second kappa shape index (κ2) is 36.6. The van der Waals surface area contributed by atoms with Crippen LogP contribution in [-0.2, 0) is 9.59 Å². The first-order chi connectivity index (χ1) is 22.2. The first-order valence-corrected chi connectivity index (χ1v) is 19.4. The molecule has 0 aliphatic carbocycles. The summed E-state index contributed by atoms with van der Waals surface area (Å²) in [5.41, 5.74) is 5.73. The molecule has 0 radical (unpaired) electrons. The fraction of sp³-hybridized carbons (Fsp3) is 0.800. The number of rotatable bonds is 34.